The Labute approximate surface area is 110 Å². The van der Waals surface area contributed by atoms with E-state index in [1.807, 2.05) is 6.07 Å². The zero-order valence-corrected chi connectivity index (χ0v) is 11.0. The highest BCUT2D eigenvalue weighted by Gasteiger charge is 2.15. The second kappa shape index (κ2) is 5.56. The van der Waals surface area contributed by atoms with Crippen molar-refractivity contribution in [1.29, 1.82) is 5.26 Å². The molecule has 0 aliphatic carbocycles. The molecule has 0 aliphatic heterocycles. The number of nitrogens with zero attached hydrogens (tertiary/aromatic N) is 2. The summed E-state index contributed by atoms with van der Waals surface area (Å²) >= 11 is 5.78. The first-order valence-corrected chi connectivity index (χ1v) is 5.50. The molecule has 96 valence electrons. The van der Waals surface area contributed by atoms with Crippen molar-refractivity contribution >= 4 is 23.4 Å². The number of halogens is 1. The number of hydrogen-bond donors (Lipinski definition) is 2. The predicted octanol–water partition coefficient (Wildman–Crippen LogP) is 2.46. The van der Waals surface area contributed by atoms with Crippen LogP contribution >= 0.6 is 11.6 Å². The van der Waals surface area contributed by atoms with Gasteiger partial charge in [-0.25, -0.2) is 15.2 Å². The molecule has 1 heterocycles. The van der Waals surface area contributed by atoms with Crippen molar-refractivity contribution in [2.45, 2.75) is 26.4 Å². The van der Waals surface area contributed by atoms with Crippen molar-refractivity contribution < 1.29 is 9.53 Å². The van der Waals surface area contributed by atoms with Gasteiger partial charge in [-0.2, -0.15) is 5.26 Å². The summed E-state index contributed by atoms with van der Waals surface area (Å²) in [7, 11) is 0. The molecule has 7 heteroatoms. The first kappa shape index (κ1) is 14.1. The second-order valence-corrected chi connectivity index (χ2v) is 4.83. The van der Waals surface area contributed by atoms with Crippen LogP contribution in [0, 0.1) is 11.3 Å². The minimum absolute atomic E-state index is 0.125. The van der Waals surface area contributed by atoms with Crippen LogP contribution in [0.25, 0.3) is 0 Å². The number of carbonyl (C=O) groups is 1. The smallest absolute Gasteiger partial charge is 0.426 e. The Morgan fingerprint density at radius 1 is 1.56 bits per heavy atom. The maximum Gasteiger partial charge on any atom is 0.426 e. The van der Waals surface area contributed by atoms with E-state index in [9.17, 15) is 4.79 Å². The highest BCUT2D eigenvalue weighted by Crippen LogP contribution is 2.17. The predicted molar refractivity (Wildman–Crippen MR) is 67.0 cm³/mol. The highest BCUT2D eigenvalue weighted by atomic mass is 35.5. The molecule has 1 aromatic heterocycles. The molecule has 0 fully saturated rings. The quantitative estimate of drug-likeness (QED) is 0.805. The molecular weight excluding hydrogens is 256 g/mol. The molecule has 0 bridgehead atoms. The van der Waals surface area contributed by atoms with Gasteiger partial charge in [0.05, 0.1) is 16.9 Å². The summed E-state index contributed by atoms with van der Waals surface area (Å²) in [5.41, 5.74) is 4.90. The van der Waals surface area contributed by atoms with Crippen LogP contribution in [0.3, 0.4) is 0 Å². The molecule has 0 aromatic carbocycles. The minimum atomic E-state index is -0.622. The van der Waals surface area contributed by atoms with Gasteiger partial charge in [-0.3, -0.25) is 5.43 Å². The molecule has 1 amide bonds. The van der Waals surface area contributed by atoms with E-state index in [1.165, 1.54) is 12.3 Å². The summed E-state index contributed by atoms with van der Waals surface area (Å²) in [6, 6.07) is 3.31. The molecule has 1 rings (SSSR count). The molecule has 6 nitrogen and oxygen atoms in total. The summed E-state index contributed by atoms with van der Waals surface area (Å²) in [4.78, 5) is 15.1. The molecular formula is C11H13ClN4O2. The van der Waals surface area contributed by atoms with Gasteiger partial charge in [0.25, 0.3) is 0 Å². The molecule has 0 radical (unpaired) electrons. The lowest BCUT2D eigenvalue weighted by Crippen LogP contribution is -2.35. The number of anilines is 1. The molecule has 0 atom stereocenters. The van der Waals surface area contributed by atoms with Gasteiger partial charge < -0.3 is 4.74 Å². The Bertz CT molecular complexity index is 491. The maximum atomic E-state index is 11.3. The van der Waals surface area contributed by atoms with Crippen LogP contribution in [-0.4, -0.2) is 16.7 Å². The van der Waals surface area contributed by atoms with Gasteiger partial charge in [-0.1, -0.05) is 11.6 Å². The van der Waals surface area contributed by atoms with Crippen LogP contribution in [0.2, 0.25) is 5.02 Å². The third-order valence-electron chi connectivity index (χ3n) is 1.65. The van der Waals surface area contributed by atoms with Gasteiger partial charge in [-0.05, 0) is 26.8 Å². The average molecular weight is 269 g/mol. The lowest BCUT2D eigenvalue weighted by atomic mass is 10.2. The number of hydrazine groups is 1. The first-order valence-electron chi connectivity index (χ1n) is 5.12. The lowest BCUT2D eigenvalue weighted by molar-refractivity contribution is 0.0541. The fourth-order valence-electron chi connectivity index (χ4n) is 1.02. The summed E-state index contributed by atoms with van der Waals surface area (Å²) in [6.07, 6.45) is 0.755. The van der Waals surface area contributed by atoms with Crippen LogP contribution in [0.1, 0.15) is 26.5 Å². The van der Waals surface area contributed by atoms with Gasteiger partial charge in [0.2, 0.25) is 0 Å². The van der Waals surface area contributed by atoms with E-state index < -0.39 is 11.7 Å². The summed E-state index contributed by atoms with van der Waals surface area (Å²) < 4.78 is 5.02. The third-order valence-corrected chi connectivity index (χ3v) is 1.94. The zero-order valence-electron chi connectivity index (χ0n) is 10.2. The monoisotopic (exact) mass is 268 g/mol. The maximum absolute atomic E-state index is 11.3. The number of carbonyl (C=O) groups excluding carboxylic acids is 1. The fourth-order valence-corrected chi connectivity index (χ4v) is 1.22. The SMILES string of the molecule is CC(C)(C)OC(=O)NNc1cnc(C#N)c(Cl)c1. The van der Waals surface area contributed by atoms with E-state index in [0.29, 0.717) is 5.69 Å². The Morgan fingerprint density at radius 3 is 2.72 bits per heavy atom. The van der Waals surface area contributed by atoms with Gasteiger partial charge in [0.1, 0.15) is 11.7 Å². The Morgan fingerprint density at radius 2 is 2.22 bits per heavy atom. The number of amides is 1. The van der Waals surface area contributed by atoms with Gasteiger partial charge >= 0.3 is 6.09 Å². The van der Waals surface area contributed by atoms with Gasteiger partial charge in [0, 0.05) is 0 Å². The van der Waals surface area contributed by atoms with Crippen LogP contribution in [0.5, 0.6) is 0 Å². The van der Waals surface area contributed by atoms with Crippen LogP contribution in [0.4, 0.5) is 10.5 Å². The molecule has 0 saturated heterocycles. The normalized spacial score (nSPS) is 10.4. The van der Waals surface area contributed by atoms with Crippen LogP contribution < -0.4 is 10.9 Å². The van der Waals surface area contributed by atoms with Gasteiger partial charge in [0.15, 0.2) is 5.69 Å². The van der Waals surface area contributed by atoms with Crippen LogP contribution in [0.15, 0.2) is 12.3 Å². The number of rotatable bonds is 2. The highest BCUT2D eigenvalue weighted by molar-refractivity contribution is 6.31. The Hall–Kier alpha value is -2.00. The standard InChI is InChI=1S/C11H13ClN4O2/c1-11(2,3)18-10(17)16-15-7-4-8(12)9(5-13)14-6-7/h4,6,15H,1-3H3,(H,16,17). The van der Waals surface area contributed by atoms with Crippen molar-refractivity contribution in [3.8, 4) is 6.07 Å². The molecule has 0 unspecified atom stereocenters. The number of pyridine rings is 1. The van der Waals surface area contributed by atoms with E-state index in [4.69, 9.17) is 21.6 Å². The largest absolute Gasteiger partial charge is 0.443 e. The lowest BCUT2D eigenvalue weighted by Gasteiger charge is -2.20. The number of nitriles is 1. The van der Waals surface area contributed by atoms with Crippen molar-refractivity contribution in [1.82, 2.24) is 10.4 Å². The summed E-state index contributed by atoms with van der Waals surface area (Å²) in [5.74, 6) is 0. The van der Waals surface area contributed by atoms with Crippen molar-refractivity contribution in [3.63, 3.8) is 0 Å². The van der Waals surface area contributed by atoms with Crippen LogP contribution in [-0.2, 0) is 4.74 Å². The number of nitrogens with one attached hydrogen (secondary N) is 2. The van der Waals surface area contributed by atoms with Gasteiger partial charge in [-0.15, -0.1) is 0 Å². The van der Waals surface area contributed by atoms with Crippen molar-refractivity contribution in [2.75, 3.05) is 5.43 Å². The Balaban J connectivity index is 2.57. The molecule has 0 saturated carbocycles. The fraction of sp³-hybridized carbons (Fsp3) is 0.364. The molecule has 1 aromatic rings. The topological polar surface area (TPSA) is 87.0 Å². The molecule has 0 spiro atoms. The molecule has 2 N–H and O–H groups in total. The summed E-state index contributed by atoms with van der Waals surface area (Å²) in [5, 5.41) is 8.85. The van der Waals surface area contributed by atoms with E-state index in [-0.39, 0.29) is 10.7 Å². The van der Waals surface area contributed by atoms with Crippen molar-refractivity contribution in [3.05, 3.63) is 23.0 Å². The average Bonchev–Trinajstić information content (AvgIpc) is 2.24. The number of ether oxygens (including phenoxy) is 1. The second-order valence-electron chi connectivity index (χ2n) is 4.42. The number of hydrogen-bond acceptors (Lipinski definition) is 5. The van der Waals surface area contributed by atoms with E-state index >= 15 is 0 Å². The molecule has 18 heavy (non-hydrogen) atoms. The minimum Gasteiger partial charge on any atom is -0.443 e. The number of aromatic nitrogens is 1. The Kier molecular flexibility index (Phi) is 4.34. The zero-order chi connectivity index (χ0) is 13.8. The third kappa shape index (κ3) is 4.47. The van der Waals surface area contributed by atoms with Crippen molar-refractivity contribution in [2.24, 2.45) is 0 Å². The van der Waals surface area contributed by atoms with E-state index in [0.717, 1.165) is 0 Å². The van der Waals surface area contributed by atoms with E-state index in [2.05, 4.69) is 15.8 Å². The molecule has 0 aliphatic rings. The van der Waals surface area contributed by atoms with E-state index in [1.54, 1.807) is 20.8 Å². The first-order chi connectivity index (χ1) is 8.31. The summed E-state index contributed by atoms with van der Waals surface area (Å²) in [6.45, 7) is 5.27.